The van der Waals surface area contributed by atoms with Crippen molar-refractivity contribution in [3.05, 3.63) is 58.2 Å². The van der Waals surface area contributed by atoms with E-state index in [0.29, 0.717) is 0 Å². The number of amides is 1. The number of benzene rings is 1. The van der Waals surface area contributed by atoms with Crippen molar-refractivity contribution in [2.45, 2.75) is 25.8 Å². The van der Waals surface area contributed by atoms with Gasteiger partial charge in [-0.15, -0.1) is 0 Å². The maximum Gasteiger partial charge on any atom is 0.251 e. The highest BCUT2D eigenvalue weighted by molar-refractivity contribution is 9.10. The number of pyridine rings is 1. The number of carbonyl (C=O) groups excluding carboxylic acids is 1. The molecule has 0 aliphatic carbocycles. The average Bonchev–Trinajstić information content (AvgIpc) is 2.56. The third kappa shape index (κ3) is 3.91. The highest BCUT2D eigenvalue weighted by atomic mass is 79.9. The lowest BCUT2D eigenvalue weighted by Crippen LogP contribution is -2.45. The van der Waals surface area contributed by atoms with Gasteiger partial charge in [0, 0.05) is 35.4 Å². The van der Waals surface area contributed by atoms with E-state index in [1.165, 1.54) is 0 Å². The Bertz CT molecular complexity index is 682. The van der Waals surface area contributed by atoms with E-state index in [1.54, 1.807) is 0 Å². The first-order valence-electron chi connectivity index (χ1n) is 7.86. The van der Waals surface area contributed by atoms with Gasteiger partial charge in [-0.2, -0.15) is 0 Å². The zero-order valence-electron chi connectivity index (χ0n) is 13.1. The van der Waals surface area contributed by atoms with E-state index in [-0.39, 0.29) is 11.9 Å². The number of piperidine rings is 1. The van der Waals surface area contributed by atoms with Crippen LogP contribution in [-0.4, -0.2) is 30.0 Å². The standard InChI is InChI=1S/C18H20BrN3O/c1-13-12-14(19)5-6-16(13)18(23)21-15-7-10-22(11-8-15)17-4-2-3-9-20-17/h2-6,9,12,15H,7-8,10-11H2,1H3,(H,21,23). The van der Waals surface area contributed by atoms with Crippen LogP contribution in [0.25, 0.3) is 0 Å². The summed E-state index contributed by atoms with van der Waals surface area (Å²) in [6, 6.07) is 11.9. The molecule has 1 amide bonds. The van der Waals surface area contributed by atoms with Crippen molar-refractivity contribution in [2.75, 3.05) is 18.0 Å². The SMILES string of the molecule is Cc1cc(Br)ccc1C(=O)NC1CCN(c2ccccn2)CC1. The molecular weight excluding hydrogens is 354 g/mol. The van der Waals surface area contributed by atoms with Gasteiger partial charge in [0.05, 0.1) is 0 Å². The van der Waals surface area contributed by atoms with Gasteiger partial charge in [-0.3, -0.25) is 4.79 Å². The fraction of sp³-hybridized carbons (Fsp3) is 0.333. The fourth-order valence-corrected chi connectivity index (χ4v) is 3.41. The molecule has 4 nitrogen and oxygen atoms in total. The molecule has 0 spiro atoms. The van der Waals surface area contributed by atoms with Crippen LogP contribution in [0.1, 0.15) is 28.8 Å². The second-order valence-corrected chi connectivity index (χ2v) is 6.80. The second-order valence-electron chi connectivity index (χ2n) is 5.88. The Labute approximate surface area is 145 Å². The molecule has 3 rings (SSSR count). The quantitative estimate of drug-likeness (QED) is 0.894. The Balaban J connectivity index is 1.57. The van der Waals surface area contributed by atoms with Crippen LogP contribution >= 0.6 is 15.9 Å². The zero-order valence-corrected chi connectivity index (χ0v) is 14.7. The molecule has 1 aliphatic rings. The summed E-state index contributed by atoms with van der Waals surface area (Å²) in [7, 11) is 0. The molecule has 1 N–H and O–H groups in total. The van der Waals surface area contributed by atoms with Gasteiger partial charge in [0.25, 0.3) is 5.91 Å². The second kappa shape index (κ2) is 7.13. The normalized spacial score (nSPS) is 15.5. The zero-order chi connectivity index (χ0) is 16.2. The number of hydrogen-bond acceptors (Lipinski definition) is 3. The summed E-state index contributed by atoms with van der Waals surface area (Å²) in [6.45, 7) is 3.80. The van der Waals surface area contributed by atoms with Crippen LogP contribution in [0.15, 0.2) is 47.1 Å². The molecule has 1 aliphatic heterocycles. The summed E-state index contributed by atoms with van der Waals surface area (Å²) in [6.07, 6.45) is 3.70. The molecule has 1 aromatic heterocycles. The van der Waals surface area contributed by atoms with E-state index in [0.717, 1.165) is 47.3 Å². The molecular formula is C18H20BrN3O. The Kier molecular flexibility index (Phi) is 4.96. The Morgan fingerprint density at radius 2 is 2.04 bits per heavy atom. The molecule has 2 aromatic rings. The van der Waals surface area contributed by atoms with E-state index in [9.17, 15) is 4.79 Å². The average molecular weight is 374 g/mol. The van der Waals surface area contributed by atoms with Crippen molar-refractivity contribution in [2.24, 2.45) is 0 Å². The maximum absolute atomic E-state index is 12.4. The van der Waals surface area contributed by atoms with Crippen LogP contribution in [0.2, 0.25) is 0 Å². The van der Waals surface area contributed by atoms with Gasteiger partial charge in [0.2, 0.25) is 0 Å². The third-order valence-electron chi connectivity index (χ3n) is 4.24. The Hall–Kier alpha value is -1.88. The van der Waals surface area contributed by atoms with Crippen molar-refractivity contribution < 1.29 is 4.79 Å². The van der Waals surface area contributed by atoms with Gasteiger partial charge in [0.1, 0.15) is 5.82 Å². The van der Waals surface area contributed by atoms with E-state index in [2.05, 4.69) is 31.1 Å². The summed E-state index contributed by atoms with van der Waals surface area (Å²) in [5.41, 5.74) is 1.74. The molecule has 1 saturated heterocycles. The summed E-state index contributed by atoms with van der Waals surface area (Å²) in [5.74, 6) is 1.03. The van der Waals surface area contributed by atoms with Gasteiger partial charge in [-0.1, -0.05) is 22.0 Å². The highest BCUT2D eigenvalue weighted by Gasteiger charge is 2.22. The number of carbonyl (C=O) groups is 1. The van der Waals surface area contributed by atoms with Crippen LogP contribution in [0.5, 0.6) is 0 Å². The minimum Gasteiger partial charge on any atom is -0.356 e. The number of rotatable bonds is 3. The van der Waals surface area contributed by atoms with Crippen molar-refractivity contribution >= 4 is 27.7 Å². The predicted octanol–water partition coefficient (Wildman–Crippen LogP) is 3.55. The van der Waals surface area contributed by atoms with Crippen molar-refractivity contribution in [3.63, 3.8) is 0 Å². The smallest absolute Gasteiger partial charge is 0.251 e. The molecule has 2 heterocycles. The van der Waals surface area contributed by atoms with Crippen LogP contribution < -0.4 is 10.2 Å². The number of aromatic nitrogens is 1. The summed E-state index contributed by atoms with van der Waals surface area (Å²) >= 11 is 3.43. The van der Waals surface area contributed by atoms with Gasteiger partial charge >= 0.3 is 0 Å². The fourth-order valence-electron chi connectivity index (χ4n) is 2.94. The number of nitrogens with zero attached hydrogens (tertiary/aromatic N) is 2. The van der Waals surface area contributed by atoms with Crippen molar-refractivity contribution in [1.29, 1.82) is 0 Å². The van der Waals surface area contributed by atoms with Gasteiger partial charge in [0.15, 0.2) is 0 Å². The van der Waals surface area contributed by atoms with E-state index in [4.69, 9.17) is 0 Å². The molecule has 5 heteroatoms. The molecule has 0 radical (unpaired) electrons. The van der Waals surface area contributed by atoms with Crippen molar-refractivity contribution in [1.82, 2.24) is 10.3 Å². The first kappa shape index (κ1) is 16.0. The van der Waals surface area contributed by atoms with Gasteiger partial charge in [-0.25, -0.2) is 4.98 Å². The number of halogens is 1. The Morgan fingerprint density at radius 3 is 2.70 bits per heavy atom. The third-order valence-corrected chi connectivity index (χ3v) is 4.73. The molecule has 0 bridgehead atoms. The first-order chi connectivity index (χ1) is 11.1. The van der Waals surface area contributed by atoms with Crippen LogP contribution in [0.4, 0.5) is 5.82 Å². The maximum atomic E-state index is 12.4. The minimum atomic E-state index is 0.0197. The van der Waals surface area contributed by atoms with E-state index >= 15 is 0 Å². The number of nitrogens with one attached hydrogen (secondary N) is 1. The molecule has 1 fully saturated rings. The molecule has 23 heavy (non-hydrogen) atoms. The molecule has 120 valence electrons. The van der Waals surface area contributed by atoms with Crippen LogP contribution in [0.3, 0.4) is 0 Å². The molecule has 0 saturated carbocycles. The summed E-state index contributed by atoms with van der Waals surface area (Å²) < 4.78 is 0.996. The molecule has 1 aromatic carbocycles. The van der Waals surface area contributed by atoms with Gasteiger partial charge < -0.3 is 10.2 Å². The molecule has 0 atom stereocenters. The van der Waals surface area contributed by atoms with E-state index in [1.807, 2.05) is 49.5 Å². The lowest BCUT2D eigenvalue weighted by molar-refractivity contribution is 0.0930. The summed E-state index contributed by atoms with van der Waals surface area (Å²) in [4.78, 5) is 19.1. The lowest BCUT2D eigenvalue weighted by Gasteiger charge is -2.33. The van der Waals surface area contributed by atoms with Crippen molar-refractivity contribution in [3.8, 4) is 0 Å². The summed E-state index contributed by atoms with van der Waals surface area (Å²) in [5, 5.41) is 3.17. The van der Waals surface area contributed by atoms with Crippen LogP contribution in [0, 0.1) is 6.92 Å². The van der Waals surface area contributed by atoms with E-state index < -0.39 is 0 Å². The Morgan fingerprint density at radius 1 is 1.26 bits per heavy atom. The number of aryl methyl sites for hydroxylation is 1. The highest BCUT2D eigenvalue weighted by Crippen LogP contribution is 2.19. The number of hydrogen-bond donors (Lipinski definition) is 1. The van der Waals surface area contributed by atoms with Crippen LogP contribution in [-0.2, 0) is 0 Å². The monoisotopic (exact) mass is 373 g/mol. The van der Waals surface area contributed by atoms with Gasteiger partial charge in [-0.05, 0) is 55.7 Å². The predicted molar refractivity (Wildman–Crippen MR) is 95.8 cm³/mol. The topological polar surface area (TPSA) is 45.2 Å². The molecule has 0 unspecified atom stereocenters. The first-order valence-corrected chi connectivity index (χ1v) is 8.66. The minimum absolute atomic E-state index is 0.0197. The number of anilines is 1. The lowest BCUT2D eigenvalue weighted by atomic mass is 10.0. The largest absolute Gasteiger partial charge is 0.356 e.